The maximum atomic E-state index is 12.4. The molecule has 2 N–H and O–H groups in total. The maximum Gasteiger partial charge on any atom is 0.321 e. The van der Waals surface area contributed by atoms with Crippen LogP contribution in [0.15, 0.2) is 24.3 Å². The molecule has 1 atom stereocenters. The van der Waals surface area contributed by atoms with Crippen LogP contribution in [0.4, 0.5) is 10.5 Å². The third-order valence-electron chi connectivity index (χ3n) is 3.60. The van der Waals surface area contributed by atoms with Gasteiger partial charge in [-0.1, -0.05) is 13.8 Å². The number of rotatable bonds is 6. The summed E-state index contributed by atoms with van der Waals surface area (Å²) in [5.41, 5.74) is 0.910. The van der Waals surface area contributed by atoms with Gasteiger partial charge in [-0.15, -0.1) is 0 Å². The molecule has 8 nitrogen and oxygen atoms in total. The number of hydrogen-bond acceptors (Lipinski definition) is 4. The second-order valence-corrected chi connectivity index (χ2v) is 6.55. The number of hydrogen-bond donors (Lipinski definition) is 2. The highest BCUT2D eigenvalue weighted by Gasteiger charge is 2.25. The number of carbonyl (C=O) groups is 3. The third-order valence-corrected chi connectivity index (χ3v) is 3.60. The Bertz CT molecular complexity index is 692. The molecule has 1 rings (SSSR count). The lowest BCUT2D eigenvalue weighted by Gasteiger charge is -2.21. The number of urea groups is 1. The van der Waals surface area contributed by atoms with E-state index in [4.69, 9.17) is 5.26 Å². The van der Waals surface area contributed by atoms with Gasteiger partial charge in [-0.05, 0) is 36.6 Å². The first kappa shape index (κ1) is 21.0. The van der Waals surface area contributed by atoms with Crippen molar-refractivity contribution >= 4 is 23.5 Å². The zero-order chi connectivity index (χ0) is 19.9. The average molecular weight is 359 g/mol. The van der Waals surface area contributed by atoms with E-state index in [0.717, 1.165) is 4.90 Å². The summed E-state index contributed by atoms with van der Waals surface area (Å²) in [6.45, 7) is 3.86. The fraction of sp³-hybridized carbons (Fsp3) is 0.444. The van der Waals surface area contributed by atoms with Crippen LogP contribution in [0.3, 0.4) is 0 Å². The number of likely N-dealkylation sites (N-methyl/N-ethyl adjacent to an activating group) is 1. The molecule has 1 unspecified atom stereocenters. The summed E-state index contributed by atoms with van der Waals surface area (Å²) in [5, 5.41) is 14.2. The predicted molar refractivity (Wildman–Crippen MR) is 98.2 cm³/mol. The molecule has 0 heterocycles. The highest BCUT2D eigenvalue weighted by molar-refractivity contribution is 5.98. The fourth-order valence-electron chi connectivity index (χ4n) is 2.16. The molecule has 26 heavy (non-hydrogen) atoms. The summed E-state index contributed by atoms with van der Waals surface area (Å²) in [6, 6.07) is 5.29. The summed E-state index contributed by atoms with van der Waals surface area (Å²) >= 11 is 0. The number of amides is 4. The Morgan fingerprint density at radius 3 is 2.15 bits per heavy atom. The van der Waals surface area contributed by atoms with E-state index in [1.54, 1.807) is 44.6 Å². The molecule has 4 amide bonds. The van der Waals surface area contributed by atoms with Gasteiger partial charge >= 0.3 is 6.03 Å². The summed E-state index contributed by atoms with van der Waals surface area (Å²) in [6.07, 6.45) is 2.18. The lowest BCUT2D eigenvalue weighted by Crippen LogP contribution is -2.46. The molecule has 0 aliphatic rings. The average Bonchev–Trinajstić information content (AvgIpc) is 2.59. The van der Waals surface area contributed by atoms with Crippen molar-refractivity contribution in [2.45, 2.75) is 26.3 Å². The molecule has 0 saturated carbocycles. The number of nitriles is 1. The van der Waals surface area contributed by atoms with Crippen LogP contribution in [0.2, 0.25) is 0 Å². The van der Waals surface area contributed by atoms with Gasteiger partial charge in [0.15, 0.2) is 6.19 Å². The lowest BCUT2D eigenvalue weighted by molar-refractivity contribution is -0.129. The van der Waals surface area contributed by atoms with E-state index >= 15 is 0 Å². The van der Waals surface area contributed by atoms with Gasteiger partial charge in [0.2, 0.25) is 0 Å². The lowest BCUT2D eigenvalue weighted by atomic mass is 10.0. The number of anilines is 1. The van der Waals surface area contributed by atoms with Gasteiger partial charge in [0.1, 0.15) is 6.04 Å². The first-order valence-electron chi connectivity index (χ1n) is 8.22. The normalized spacial score (nSPS) is 11.3. The third kappa shape index (κ3) is 6.09. The molecule has 0 spiro atoms. The Labute approximate surface area is 153 Å². The van der Waals surface area contributed by atoms with Crippen LogP contribution >= 0.6 is 0 Å². The molecule has 140 valence electrons. The fourth-order valence-corrected chi connectivity index (χ4v) is 2.16. The Balaban J connectivity index is 2.84. The minimum Gasteiger partial charge on any atom is -0.340 e. The standard InChI is InChI=1S/C18H25N5O3/c1-12(2)10-15(17(25)23(5)11-19)21-16(24)13-6-8-14(9-7-13)20-18(26)22(3)4/h6-9,12,15H,10H2,1-5H3,(H,20,26)(H,21,24). The molecular formula is C18H25N5O3. The summed E-state index contributed by atoms with van der Waals surface area (Å²) in [7, 11) is 4.62. The van der Waals surface area contributed by atoms with Crippen LogP contribution in [0.25, 0.3) is 0 Å². The van der Waals surface area contributed by atoms with Gasteiger partial charge in [0, 0.05) is 32.4 Å². The van der Waals surface area contributed by atoms with Crippen LogP contribution in [0.5, 0.6) is 0 Å². The molecule has 0 saturated heterocycles. The van der Waals surface area contributed by atoms with Crippen molar-refractivity contribution < 1.29 is 14.4 Å². The van der Waals surface area contributed by atoms with Crippen molar-refractivity contribution in [2.24, 2.45) is 5.92 Å². The molecule has 1 aromatic carbocycles. The van der Waals surface area contributed by atoms with Crippen LogP contribution in [0, 0.1) is 17.4 Å². The largest absolute Gasteiger partial charge is 0.340 e. The molecule has 1 aromatic rings. The van der Waals surface area contributed by atoms with E-state index < -0.39 is 17.9 Å². The van der Waals surface area contributed by atoms with Crippen molar-refractivity contribution in [3.63, 3.8) is 0 Å². The number of carbonyl (C=O) groups excluding carboxylic acids is 3. The monoisotopic (exact) mass is 359 g/mol. The van der Waals surface area contributed by atoms with Crippen LogP contribution < -0.4 is 10.6 Å². The van der Waals surface area contributed by atoms with Crippen LogP contribution in [0.1, 0.15) is 30.6 Å². The van der Waals surface area contributed by atoms with Crippen molar-refractivity contribution in [2.75, 3.05) is 26.5 Å². The predicted octanol–water partition coefficient (Wildman–Crippen LogP) is 1.86. The Kier molecular flexibility index (Phi) is 7.59. The highest BCUT2D eigenvalue weighted by atomic mass is 16.2. The molecule has 0 aliphatic heterocycles. The first-order valence-corrected chi connectivity index (χ1v) is 8.22. The number of nitrogens with one attached hydrogen (secondary N) is 2. The van der Waals surface area contributed by atoms with Gasteiger partial charge in [0.25, 0.3) is 11.8 Å². The molecule has 8 heteroatoms. The van der Waals surface area contributed by atoms with Crippen molar-refractivity contribution in [3.05, 3.63) is 29.8 Å². The highest BCUT2D eigenvalue weighted by Crippen LogP contribution is 2.12. The Hall–Kier alpha value is -3.08. The van der Waals surface area contributed by atoms with E-state index in [9.17, 15) is 14.4 Å². The van der Waals surface area contributed by atoms with Gasteiger partial charge in [-0.25, -0.2) is 4.79 Å². The first-order chi connectivity index (χ1) is 12.1. The molecule has 0 aliphatic carbocycles. The van der Waals surface area contributed by atoms with Gasteiger partial charge in [0.05, 0.1) is 0 Å². The quantitative estimate of drug-likeness (QED) is 0.597. The van der Waals surface area contributed by atoms with E-state index in [-0.39, 0.29) is 11.9 Å². The summed E-state index contributed by atoms with van der Waals surface area (Å²) in [5.74, 6) is -0.704. The van der Waals surface area contributed by atoms with E-state index in [2.05, 4.69) is 10.6 Å². The number of nitrogens with zero attached hydrogens (tertiary/aromatic N) is 3. The van der Waals surface area contributed by atoms with E-state index in [1.807, 2.05) is 13.8 Å². The zero-order valence-corrected chi connectivity index (χ0v) is 15.7. The Morgan fingerprint density at radius 2 is 1.69 bits per heavy atom. The smallest absolute Gasteiger partial charge is 0.321 e. The topological polar surface area (TPSA) is 106 Å². The van der Waals surface area contributed by atoms with Crippen LogP contribution in [-0.4, -0.2) is 54.8 Å². The molecule has 0 bridgehead atoms. The molecule has 0 aromatic heterocycles. The summed E-state index contributed by atoms with van der Waals surface area (Å²) < 4.78 is 0. The van der Waals surface area contributed by atoms with Crippen molar-refractivity contribution in [3.8, 4) is 6.19 Å². The zero-order valence-electron chi connectivity index (χ0n) is 15.7. The van der Waals surface area contributed by atoms with Crippen molar-refractivity contribution in [1.29, 1.82) is 5.26 Å². The molecular weight excluding hydrogens is 334 g/mol. The second-order valence-electron chi connectivity index (χ2n) is 6.55. The van der Waals surface area contributed by atoms with Gasteiger partial charge in [-0.3, -0.25) is 14.5 Å². The van der Waals surface area contributed by atoms with E-state index in [0.29, 0.717) is 17.7 Å². The Morgan fingerprint density at radius 1 is 1.12 bits per heavy atom. The summed E-state index contributed by atoms with van der Waals surface area (Å²) in [4.78, 5) is 38.6. The SMILES string of the molecule is CC(C)CC(NC(=O)c1ccc(NC(=O)N(C)C)cc1)C(=O)N(C)C#N. The van der Waals surface area contributed by atoms with Crippen LogP contribution in [-0.2, 0) is 4.79 Å². The van der Waals surface area contributed by atoms with Gasteiger partial charge < -0.3 is 15.5 Å². The van der Waals surface area contributed by atoms with Crippen molar-refractivity contribution in [1.82, 2.24) is 15.1 Å². The molecule has 0 radical (unpaired) electrons. The number of benzene rings is 1. The van der Waals surface area contributed by atoms with Gasteiger partial charge in [-0.2, -0.15) is 5.26 Å². The minimum absolute atomic E-state index is 0.167. The second kappa shape index (κ2) is 9.42. The minimum atomic E-state index is -0.778. The maximum absolute atomic E-state index is 12.4. The van der Waals surface area contributed by atoms with E-state index in [1.165, 1.54) is 11.9 Å². The molecule has 0 fully saturated rings.